The second-order valence-corrected chi connectivity index (χ2v) is 6.39. The average molecular weight is 249 g/mol. The van der Waals surface area contributed by atoms with Crippen LogP contribution in [0.2, 0.25) is 0 Å². The molecule has 2 aliphatic heterocycles. The third-order valence-corrected chi connectivity index (χ3v) is 5.24. The fourth-order valence-corrected chi connectivity index (χ4v) is 4.17. The average Bonchev–Trinajstić information content (AvgIpc) is 2.66. The molecule has 17 heavy (non-hydrogen) atoms. The second kappa shape index (κ2) is 4.54. The first kappa shape index (κ1) is 11.4. The van der Waals surface area contributed by atoms with Gasteiger partial charge in [-0.25, -0.2) is 0 Å². The molecule has 0 aromatic carbocycles. The van der Waals surface area contributed by atoms with Gasteiger partial charge in [-0.05, 0) is 36.8 Å². The molecule has 2 bridgehead atoms. The van der Waals surface area contributed by atoms with Crippen LogP contribution in [0, 0.1) is 6.92 Å². The summed E-state index contributed by atoms with van der Waals surface area (Å²) in [5, 5.41) is 2.18. The van der Waals surface area contributed by atoms with Crippen molar-refractivity contribution in [3.05, 3.63) is 21.9 Å². The van der Waals surface area contributed by atoms with Gasteiger partial charge in [-0.3, -0.25) is 9.69 Å². The molecule has 2 atom stereocenters. The minimum Gasteiger partial charge on any atom is -0.300 e. The van der Waals surface area contributed by atoms with E-state index in [9.17, 15) is 4.79 Å². The number of aryl methyl sites for hydroxylation is 1. The highest BCUT2D eigenvalue weighted by molar-refractivity contribution is 7.10. The second-order valence-electron chi connectivity index (χ2n) is 5.38. The number of fused-ring (bicyclic) bond motifs is 2. The highest BCUT2D eigenvalue weighted by atomic mass is 32.1. The quantitative estimate of drug-likeness (QED) is 0.802. The minimum absolute atomic E-state index is 0.485. The summed E-state index contributed by atoms with van der Waals surface area (Å²) in [4.78, 5) is 15.8. The first-order chi connectivity index (χ1) is 8.24. The van der Waals surface area contributed by atoms with Gasteiger partial charge in [0.2, 0.25) is 0 Å². The van der Waals surface area contributed by atoms with Crippen LogP contribution in [0.3, 0.4) is 0 Å². The maximum Gasteiger partial charge on any atom is 0.136 e. The van der Waals surface area contributed by atoms with Crippen LogP contribution in [0.15, 0.2) is 11.4 Å². The van der Waals surface area contributed by atoms with Crippen LogP contribution in [0.25, 0.3) is 0 Å². The Bertz CT molecular complexity index is 410. The summed E-state index contributed by atoms with van der Waals surface area (Å²) in [6.45, 7) is 3.25. The van der Waals surface area contributed by atoms with E-state index >= 15 is 0 Å². The van der Waals surface area contributed by atoms with Crippen molar-refractivity contribution in [2.45, 2.75) is 57.7 Å². The molecular formula is C14H19NOS. The van der Waals surface area contributed by atoms with Crippen molar-refractivity contribution in [3.8, 4) is 0 Å². The smallest absolute Gasteiger partial charge is 0.136 e. The van der Waals surface area contributed by atoms with E-state index in [4.69, 9.17) is 0 Å². The van der Waals surface area contributed by atoms with Gasteiger partial charge in [-0.15, -0.1) is 11.3 Å². The molecule has 0 amide bonds. The van der Waals surface area contributed by atoms with Crippen LogP contribution in [-0.2, 0) is 11.3 Å². The van der Waals surface area contributed by atoms with Gasteiger partial charge in [0.25, 0.3) is 0 Å². The van der Waals surface area contributed by atoms with Gasteiger partial charge in [0.05, 0.1) is 0 Å². The Hall–Kier alpha value is -0.670. The monoisotopic (exact) mass is 249 g/mol. The molecule has 0 radical (unpaired) electrons. The summed E-state index contributed by atoms with van der Waals surface area (Å²) >= 11 is 1.86. The minimum atomic E-state index is 0.485. The molecule has 1 aromatic rings. The van der Waals surface area contributed by atoms with Gasteiger partial charge in [0.15, 0.2) is 0 Å². The molecular weight excluding hydrogens is 230 g/mol. The maximum absolute atomic E-state index is 11.7. The van der Waals surface area contributed by atoms with Crippen molar-refractivity contribution in [2.24, 2.45) is 0 Å². The Kier molecular flexibility index (Phi) is 3.05. The molecule has 3 rings (SSSR count). The summed E-state index contributed by atoms with van der Waals surface area (Å²) in [5.41, 5.74) is 1.41. The lowest BCUT2D eigenvalue weighted by Crippen LogP contribution is -2.51. The standard InChI is InChI=1S/C14H19NOS/c1-10-5-6-17-14(10)9-15-11-3-2-4-12(15)8-13(16)7-11/h5-6,11-12H,2-4,7-9H2,1H3. The number of thiophene rings is 1. The van der Waals surface area contributed by atoms with Gasteiger partial charge < -0.3 is 0 Å². The largest absolute Gasteiger partial charge is 0.300 e. The number of nitrogens with zero attached hydrogens (tertiary/aromatic N) is 1. The van der Waals surface area contributed by atoms with Crippen molar-refractivity contribution in [3.63, 3.8) is 0 Å². The van der Waals surface area contributed by atoms with Crippen LogP contribution < -0.4 is 0 Å². The molecule has 2 saturated heterocycles. The number of hydrogen-bond acceptors (Lipinski definition) is 3. The van der Waals surface area contributed by atoms with E-state index in [1.807, 2.05) is 11.3 Å². The zero-order valence-corrected chi connectivity index (χ0v) is 11.1. The summed E-state index contributed by atoms with van der Waals surface area (Å²) in [5.74, 6) is 0.485. The lowest BCUT2D eigenvalue weighted by molar-refractivity contribution is -0.127. The zero-order valence-electron chi connectivity index (χ0n) is 10.3. The molecule has 0 aliphatic carbocycles. The Morgan fingerprint density at radius 1 is 1.35 bits per heavy atom. The molecule has 2 fully saturated rings. The third kappa shape index (κ3) is 2.18. The normalized spacial score (nSPS) is 29.6. The van der Waals surface area contributed by atoms with Crippen LogP contribution in [-0.4, -0.2) is 22.8 Å². The van der Waals surface area contributed by atoms with Crippen molar-refractivity contribution in [1.82, 2.24) is 4.90 Å². The van der Waals surface area contributed by atoms with E-state index in [1.54, 1.807) is 0 Å². The van der Waals surface area contributed by atoms with E-state index in [0.29, 0.717) is 17.9 Å². The number of rotatable bonds is 2. The SMILES string of the molecule is Cc1ccsc1CN1C2CCCC1CC(=O)C2. The lowest BCUT2D eigenvalue weighted by atomic mass is 9.84. The zero-order chi connectivity index (χ0) is 11.8. The van der Waals surface area contributed by atoms with Gasteiger partial charge in [-0.1, -0.05) is 6.42 Å². The van der Waals surface area contributed by atoms with Crippen molar-refractivity contribution in [1.29, 1.82) is 0 Å². The molecule has 0 N–H and O–H groups in total. The Morgan fingerprint density at radius 3 is 2.65 bits per heavy atom. The molecule has 1 aromatic heterocycles. The molecule has 0 saturated carbocycles. The highest BCUT2D eigenvalue weighted by Gasteiger charge is 2.37. The van der Waals surface area contributed by atoms with Gasteiger partial charge in [0.1, 0.15) is 5.78 Å². The third-order valence-electron chi connectivity index (χ3n) is 4.23. The van der Waals surface area contributed by atoms with Gasteiger partial charge >= 0.3 is 0 Å². The molecule has 3 heteroatoms. The Labute approximate surface area is 107 Å². The van der Waals surface area contributed by atoms with E-state index in [-0.39, 0.29) is 0 Å². The highest BCUT2D eigenvalue weighted by Crippen LogP contribution is 2.34. The first-order valence-electron chi connectivity index (χ1n) is 6.54. The summed E-state index contributed by atoms with van der Waals surface area (Å²) in [6, 6.07) is 3.25. The van der Waals surface area contributed by atoms with Gasteiger partial charge in [-0.2, -0.15) is 0 Å². The topological polar surface area (TPSA) is 20.3 Å². The van der Waals surface area contributed by atoms with E-state index in [0.717, 1.165) is 19.4 Å². The lowest BCUT2D eigenvalue weighted by Gasteiger charge is -2.45. The number of Topliss-reactive ketones (excluding diaryl/α,β-unsaturated/α-hetero) is 1. The van der Waals surface area contributed by atoms with Crippen molar-refractivity contribution < 1.29 is 4.79 Å². The molecule has 2 nitrogen and oxygen atoms in total. The fraction of sp³-hybridized carbons (Fsp3) is 0.643. The van der Waals surface area contributed by atoms with Crippen molar-refractivity contribution in [2.75, 3.05) is 0 Å². The van der Waals surface area contributed by atoms with E-state index in [2.05, 4.69) is 23.3 Å². The summed E-state index contributed by atoms with van der Waals surface area (Å²) in [7, 11) is 0. The predicted octanol–water partition coefficient (Wildman–Crippen LogP) is 3.14. The Balaban J connectivity index is 1.78. The van der Waals surface area contributed by atoms with Crippen LogP contribution >= 0.6 is 11.3 Å². The maximum atomic E-state index is 11.7. The number of piperidine rings is 2. The first-order valence-corrected chi connectivity index (χ1v) is 7.42. The molecule has 2 aliphatic rings. The van der Waals surface area contributed by atoms with Gasteiger partial charge in [0, 0.05) is 36.3 Å². The number of carbonyl (C=O) groups is 1. The van der Waals surface area contributed by atoms with E-state index < -0.39 is 0 Å². The van der Waals surface area contributed by atoms with Crippen molar-refractivity contribution >= 4 is 17.1 Å². The molecule has 3 heterocycles. The van der Waals surface area contributed by atoms with E-state index in [1.165, 1.54) is 29.7 Å². The molecule has 2 unspecified atom stereocenters. The summed E-state index contributed by atoms with van der Waals surface area (Å²) < 4.78 is 0. The number of carbonyl (C=O) groups excluding carboxylic acids is 1. The molecule has 92 valence electrons. The predicted molar refractivity (Wildman–Crippen MR) is 70.3 cm³/mol. The van der Waals surface area contributed by atoms with Crippen LogP contribution in [0.5, 0.6) is 0 Å². The Morgan fingerprint density at radius 2 is 2.06 bits per heavy atom. The van der Waals surface area contributed by atoms with Crippen LogP contribution in [0.4, 0.5) is 0 Å². The molecule has 0 spiro atoms. The fourth-order valence-electron chi connectivity index (χ4n) is 3.26. The number of ketones is 1. The summed E-state index contributed by atoms with van der Waals surface area (Å²) in [6.07, 6.45) is 5.32. The van der Waals surface area contributed by atoms with Crippen LogP contribution in [0.1, 0.15) is 42.5 Å². The number of hydrogen-bond donors (Lipinski definition) is 0.